The number of benzene rings is 2. The SMILES string of the molecule is COc1ccc(C(=O)Cn2cnc3sc(C(=O)OCc4ccccc4)c(C)c3c2=O)cc1. The summed E-state index contributed by atoms with van der Waals surface area (Å²) in [5, 5.41) is 0.326. The third kappa shape index (κ3) is 4.31. The van der Waals surface area contributed by atoms with Gasteiger partial charge in [0.1, 0.15) is 22.1 Å². The van der Waals surface area contributed by atoms with Gasteiger partial charge in [-0.25, -0.2) is 9.78 Å². The summed E-state index contributed by atoms with van der Waals surface area (Å²) in [5.41, 5.74) is 1.47. The second-order valence-electron chi connectivity index (χ2n) is 7.13. The van der Waals surface area contributed by atoms with Gasteiger partial charge in [-0.15, -0.1) is 11.3 Å². The first kappa shape index (κ1) is 21.5. The molecule has 162 valence electrons. The highest BCUT2D eigenvalue weighted by Crippen LogP contribution is 2.27. The number of rotatable bonds is 7. The number of hydrogen-bond acceptors (Lipinski definition) is 7. The van der Waals surface area contributed by atoms with Crippen LogP contribution >= 0.6 is 11.3 Å². The molecule has 0 aliphatic carbocycles. The van der Waals surface area contributed by atoms with Crippen LogP contribution in [0.15, 0.2) is 65.7 Å². The van der Waals surface area contributed by atoms with Crippen molar-refractivity contribution in [3.8, 4) is 5.75 Å². The molecule has 7 nitrogen and oxygen atoms in total. The van der Waals surface area contributed by atoms with E-state index in [-0.39, 0.29) is 24.5 Å². The van der Waals surface area contributed by atoms with E-state index in [9.17, 15) is 14.4 Å². The summed E-state index contributed by atoms with van der Waals surface area (Å²) >= 11 is 1.11. The normalized spacial score (nSPS) is 10.8. The minimum atomic E-state index is -0.505. The number of nitrogens with zero attached hydrogens (tertiary/aromatic N) is 2. The van der Waals surface area contributed by atoms with E-state index in [1.807, 2.05) is 30.3 Å². The monoisotopic (exact) mass is 448 g/mol. The van der Waals surface area contributed by atoms with Crippen molar-refractivity contribution >= 4 is 33.3 Å². The molecular weight excluding hydrogens is 428 g/mol. The van der Waals surface area contributed by atoms with Gasteiger partial charge in [-0.3, -0.25) is 14.2 Å². The molecule has 32 heavy (non-hydrogen) atoms. The van der Waals surface area contributed by atoms with Crippen molar-refractivity contribution in [3.05, 3.63) is 92.8 Å². The first-order chi connectivity index (χ1) is 15.5. The molecule has 0 radical (unpaired) electrons. The number of ether oxygens (including phenoxy) is 2. The minimum Gasteiger partial charge on any atom is -0.497 e. The van der Waals surface area contributed by atoms with E-state index in [1.54, 1.807) is 38.3 Å². The maximum Gasteiger partial charge on any atom is 0.349 e. The largest absolute Gasteiger partial charge is 0.497 e. The Labute approximate surface area is 187 Å². The Balaban J connectivity index is 1.57. The molecule has 0 unspecified atom stereocenters. The quantitative estimate of drug-likeness (QED) is 0.314. The summed E-state index contributed by atoms with van der Waals surface area (Å²) < 4.78 is 11.8. The zero-order valence-corrected chi connectivity index (χ0v) is 18.3. The van der Waals surface area contributed by atoms with Crippen LogP contribution in [0, 0.1) is 6.92 Å². The predicted octanol–water partition coefficient (Wildman–Crippen LogP) is 4.01. The maximum absolute atomic E-state index is 13.0. The van der Waals surface area contributed by atoms with Crippen LogP contribution in [0.25, 0.3) is 10.2 Å². The number of methoxy groups -OCH3 is 1. The van der Waals surface area contributed by atoms with Gasteiger partial charge in [0.05, 0.1) is 25.4 Å². The second-order valence-corrected chi connectivity index (χ2v) is 8.13. The number of aromatic nitrogens is 2. The van der Waals surface area contributed by atoms with Crippen LogP contribution in [-0.4, -0.2) is 28.4 Å². The van der Waals surface area contributed by atoms with Crippen molar-refractivity contribution in [1.82, 2.24) is 9.55 Å². The third-order valence-corrected chi connectivity index (χ3v) is 6.22. The molecule has 2 aromatic carbocycles. The highest BCUT2D eigenvalue weighted by atomic mass is 32.1. The number of carbonyl (C=O) groups excluding carboxylic acids is 2. The molecule has 0 bridgehead atoms. The topological polar surface area (TPSA) is 87.5 Å². The lowest BCUT2D eigenvalue weighted by Crippen LogP contribution is -2.24. The van der Waals surface area contributed by atoms with Gasteiger partial charge in [0.2, 0.25) is 0 Å². The van der Waals surface area contributed by atoms with Crippen molar-refractivity contribution in [2.24, 2.45) is 0 Å². The number of hydrogen-bond donors (Lipinski definition) is 0. The fourth-order valence-corrected chi connectivity index (χ4v) is 4.31. The van der Waals surface area contributed by atoms with Gasteiger partial charge in [-0.05, 0) is 42.3 Å². The van der Waals surface area contributed by atoms with Gasteiger partial charge in [0.25, 0.3) is 5.56 Å². The molecule has 0 spiro atoms. The highest BCUT2D eigenvalue weighted by Gasteiger charge is 2.21. The van der Waals surface area contributed by atoms with E-state index in [2.05, 4.69) is 4.98 Å². The van der Waals surface area contributed by atoms with E-state index in [4.69, 9.17) is 9.47 Å². The maximum atomic E-state index is 13.0. The second kappa shape index (κ2) is 9.15. The van der Waals surface area contributed by atoms with Crippen LogP contribution in [0.2, 0.25) is 0 Å². The Morgan fingerprint density at radius 3 is 2.47 bits per heavy atom. The third-order valence-electron chi connectivity index (χ3n) is 5.04. The fourth-order valence-electron chi connectivity index (χ4n) is 3.28. The van der Waals surface area contributed by atoms with Crippen LogP contribution < -0.4 is 10.3 Å². The van der Waals surface area contributed by atoms with E-state index in [0.717, 1.165) is 16.9 Å². The van der Waals surface area contributed by atoms with Crippen LogP contribution in [0.5, 0.6) is 5.75 Å². The van der Waals surface area contributed by atoms with Crippen molar-refractivity contribution in [1.29, 1.82) is 0 Å². The molecule has 0 saturated carbocycles. The average molecular weight is 449 g/mol. The standard InChI is InChI=1S/C24H20N2O5S/c1-15-20-22(32-21(15)24(29)31-13-16-6-4-3-5-7-16)25-14-26(23(20)28)12-19(27)17-8-10-18(30-2)11-9-17/h3-11,14H,12-13H2,1-2H3. The Morgan fingerprint density at radius 1 is 1.06 bits per heavy atom. The summed E-state index contributed by atoms with van der Waals surface area (Å²) in [7, 11) is 1.55. The van der Waals surface area contributed by atoms with Gasteiger partial charge in [0, 0.05) is 5.56 Å². The lowest BCUT2D eigenvalue weighted by molar-refractivity contribution is 0.0477. The van der Waals surface area contributed by atoms with Crippen LogP contribution in [0.1, 0.15) is 31.2 Å². The molecule has 0 aliphatic heterocycles. The average Bonchev–Trinajstić information content (AvgIpc) is 3.17. The summed E-state index contributed by atoms with van der Waals surface area (Å²) in [6.45, 7) is 1.68. The van der Waals surface area contributed by atoms with Gasteiger partial charge < -0.3 is 9.47 Å². The predicted molar refractivity (Wildman–Crippen MR) is 122 cm³/mol. The molecule has 0 aliphatic rings. The number of esters is 1. The van der Waals surface area contributed by atoms with Crippen LogP contribution in [0.3, 0.4) is 0 Å². The molecular formula is C24H20N2O5S. The van der Waals surface area contributed by atoms with E-state index < -0.39 is 5.97 Å². The molecule has 2 heterocycles. The summed E-state index contributed by atoms with van der Waals surface area (Å²) in [6.07, 6.45) is 1.33. The highest BCUT2D eigenvalue weighted by molar-refractivity contribution is 7.20. The molecule has 8 heteroatoms. The van der Waals surface area contributed by atoms with E-state index >= 15 is 0 Å². The Bertz CT molecular complexity index is 1340. The van der Waals surface area contributed by atoms with Gasteiger partial charge in [-0.1, -0.05) is 30.3 Å². The number of fused-ring (bicyclic) bond motifs is 1. The Hall–Kier alpha value is -3.78. The van der Waals surface area contributed by atoms with Gasteiger partial charge in [0.15, 0.2) is 5.78 Å². The minimum absolute atomic E-state index is 0.140. The zero-order chi connectivity index (χ0) is 22.7. The van der Waals surface area contributed by atoms with Crippen molar-refractivity contribution < 1.29 is 19.1 Å². The summed E-state index contributed by atoms with van der Waals surface area (Å²) in [5.74, 6) is -0.0942. The summed E-state index contributed by atoms with van der Waals surface area (Å²) in [6, 6.07) is 16.0. The van der Waals surface area contributed by atoms with Crippen molar-refractivity contribution in [2.75, 3.05) is 7.11 Å². The van der Waals surface area contributed by atoms with Gasteiger partial charge >= 0.3 is 5.97 Å². The van der Waals surface area contributed by atoms with Crippen molar-refractivity contribution in [2.45, 2.75) is 20.1 Å². The molecule has 0 saturated heterocycles. The van der Waals surface area contributed by atoms with E-state index in [0.29, 0.717) is 32.0 Å². The molecule has 4 aromatic rings. The van der Waals surface area contributed by atoms with Gasteiger partial charge in [-0.2, -0.15) is 0 Å². The number of thiophene rings is 1. The summed E-state index contributed by atoms with van der Waals surface area (Å²) in [4.78, 5) is 43.3. The first-order valence-corrected chi connectivity index (χ1v) is 10.7. The van der Waals surface area contributed by atoms with Crippen molar-refractivity contribution in [3.63, 3.8) is 0 Å². The molecule has 4 rings (SSSR count). The first-order valence-electron chi connectivity index (χ1n) is 9.84. The number of Topliss-reactive ketones (excluding diaryl/α,β-unsaturated/α-hetero) is 1. The van der Waals surface area contributed by atoms with E-state index in [1.165, 1.54) is 10.9 Å². The Kier molecular flexibility index (Phi) is 6.13. The molecule has 0 amide bonds. The Morgan fingerprint density at radius 2 is 1.78 bits per heavy atom. The lowest BCUT2D eigenvalue weighted by Gasteiger charge is -2.06. The zero-order valence-electron chi connectivity index (χ0n) is 17.5. The molecule has 2 aromatic heterocycles. The number of aryl methyl sites for hydroxylation is 1. The fraction of sp³-hybridized carbons (Fsp3) is 0.167. The lowest BCUT2D eigenvalue weighted by atomic mass is 10.1. The van der Waals surface area contributed by atoms with Crippen LogP contribution in [-0.2, 0) is 17.9 Å². The molecule has 0 fully saturated rings. The van der Waals surface area contributed by atoms with Crippen LogP contribution in [0.4, 0.5) is 0 Å². The number of carbonyl (C=O) groups is 2. The molecule has 0 atom stereocenters. The molecule has 0 N–H and O–H groups in total. The smallest absolute Gasteiger partial charge is 0.349 e. The number of ketones is 1.